The van der Waals surface area contributed by atoms with Crippen LogP contribution in [0.5, 0.6) is 0 Å². The van der Waals surface area contributed by atoms with E-state index in [1.807, 2.05) is 74.5 Å². The normalized spacial score (nSPS) is 12.0. The summed E-state index contributed by atoms with van der Waals surface area (Å²) in [7, 11) is 0. The zero-order valence-electron chi connectivity index (χ0n) is 25.4. The molecule has 0 aliphatic rings. The number of anilines is 1. The van der Waals surface area contributed by atoms with E-state index in [0.29, 0.717) is 12.2 Å². The summed E-state index contributed by atoms with van der Waals surface area (Å²) >= 11 is 0. The molecule has 0 saturated heterocycles. The number of nitrogens with one attached hydrogen (secondary N) is 2. The Kier molecular flexibility index (Phi) is 11.3. The van der Waals surface area contributed by atoms with Crippen molar-refractivity contribution >= 4 is 34.4 Å². The Labute approximate surface area is 244 Å². The molecule has 0 aromatic heterocycles. The van der Waals surface area contributed by atoms with Crippen molar-refractivity contribution in [1.29, 1.82) is 0 Å². The van der Waals surface area contributed by atoms with Gasteiger partial charge in [-0.25, -0.2) is 4.79 Å². The van der Waals surface area contributed by atoms with Crippen LogP contribution in [0.3, 0.4) is 0 Å². The van der Waals surface area contributed by atoms with Gasteiger partial charge >= 0.3 is 6.09 Å². The lowest BCUT2D eigenvalue weighted by atomic mass is 9.96. The molecule has 1 unspecified atom stereocenters. The average Bonchev–Trinajstić information content (AvgIpc) is 2.90. The maximum absolute atomic E-state index is 14.1. The molecule has 7 nitrogen and oxygen atoms in total. The number of fused-ring (bicyclic) bond motifs is 1. The molecule has 7 heteroatoms. The van der Waals surface area contributed by atoms with Gasteiger partial charge in [0.2, 0.25) is 5.91 Å². The Bertz CT molecular complexity index is 1350. The molecule has 3 aromatic carbocycles. The molecule has 0 saturated carbocycles. The number of hydrogen-bond donors (Lipinski definition) is 2. The molecule has 2 N–H and O–H groups in total. The summed E-state index contributed by atoms with van der Waals surface area (Å²) in [6, 6.07) is 18.8. The molecule has 0 fully saturated rings. The van der Waals surface area contributed by atoms with E-state index in [4.69, 9.17) is 4.74 Å². The Balaban J connectivity index is 1.94. The number of amides is 3. The van der Waals surface area contributed by atoms with Crippen molar-refractivity contribution in [2.75, 3.05) is 18.4 Å². The van der Waals surface area contributed by atoms with Crippen LogP contribution in [0, 0.1) is 13.8 Å². The molecule has 1 atom stereocenters. The number of unbranched alkanes of at least 4 members (excludes halogenated alkanes) is 4. The van der Waals surface area contributed by atoms with Crippen LogP contribution in [0.4, 0.5) is 10.5 Å². The number of ether oxygens (including phenoxy) is 1. The van der Waals surface area contributed by atoms with Gasteiger partial charge in [-0.05, 0) is 75.1 Å². The van der Waals surface area contributed by atoms with E-state index < -0.39 is 17.7 Å². The van der Waals surface area contributed by atoms with Crippen molar-refractivity contribution < 1.29 is 19.1 Å². The topological polar surface area (TPSA) is 87.7 Å². The molecule has 0 radical (unpaired) electrons. The molecule has 3 aromatic rings. The number of aryl methyl sites for hydroxylation is 2. The zero-order valence-corrected chi connectivity index (χ0v) is 25.4. The number of hydrogen-bond acceptors (Lipinski definition) is 4. The van der Waals surface area contributed by atoms with E-state index >= 15 is 0 Å². The summed E-state index contributed by atoms with van der Waals surface area (Å²) < 4.78 is 5.33. The van der Waals surface area contributed by atoms with Crippen molar-refractivity contribution in [2.24, 2.45) is 0 Å². The molecule has 0 aliphatic carbocycles. The summed E-state index contributed by atoms with van der Waals surface area (Å²) in [6.07, 6.45) is 4.33. The predicted molar refractivity (Wildman–Crippen MR) is 166 cm³/mol. The monoisotopic (exact) mass is 559 g/mol. The van der Waals surface area contributed by atoms with E-state index in [1.54, 1.807) is 25.7 Å². The smallest absolute Gasteiger partial charge is 0.408 e. The standard InChI is InChI=1S/C34H45N3O4/c1-7-8-9-10-13-20-37(30(38)23-35-33(40)41-34(4,5)6)31(29-19-16-24(2)21-25(29)3)32(39)36-28-18-17-26-14-11-12-15-27(26)22-28/h11-12,14-19,21-22,31H,7-10,13,20,23H2,1-6H3,(H,35,40)(H,36,39). The van der Waals surface area contributed by atoms with Crippen molar-refractivity contribution in [1.82, 2.24) is 10.2 Å². The minimum Gasteiger partial charge on any atom is -0.444 e. The minimum absolute atomic E-state index is 0.269. The highest BCUT2D eigenvalue weighted by Crippen LogP contribution is 2.28. The molecule has 220 valence electrons. The fourth-order valence-electron chi connectivity index (χ4n) is 4.91. The lowest BCUT2D eigenvalue weighted by Gasteiger charge is -2.33. The van der Waals surface area contributed by atoms with Crippen LogP contribution < -0.4 is 10.6 Å². The van der Waals surface area contributed by atoms with Gasteiger partial charge in [0.1, 0.15) is 18.2 Å². The van der Waals surface area contributed by atoms with Gasteiger partial charge < -0.3 is 20.3 Å². The summed E-state index contributed by atoms with van der Waals surface area (Å²) in [5, 5.41) is 7.75. The van der Waals surface area contributed by atoms with Gasteiger partial charge in [0.05, 0.1) is 0 Å². The highest BCUT2D eigenvalue weighted by atomic mass is 16.6. The largest absolute Gasteiger partial charge is 0.444 e. The number of alkyl carbamates (subject to hydrolysis) is 1. The first-order valence-electron chi connectivity index (χ1n) is 14.6. The number of rotatable bonds is 12. The number of nitrogens with zero attached hydrogens (tertiary/aromatic N) is 1. The van der Waals surface area contributed by atoms with E-state index in [1.165, 1.54) is 0 Å². The van der Waals surface area contributed by atoms with Crippen molar-refractivity contribution in [3.05, 3.63) is 77.4 Å². The van der Waals surface area contributed by atoms with E-state index in [2.05, 4.69) is 17.6 Å². The van der Waals surface area contributed by atoms with Gasteiger partial charge in [-0.2, -0.15) is 0 Å². The Hall–Kier alpha value is -3.87. The molecular weight excluding hydrogens is 514 g/mol. The van der Waals surface area contributed by atoms with Gasteiger partial charge in [0.15, 0.2) is 0 Å². The van der Waals surface area contributed by atoms with Gasteiger partial charge in [0, 0.05) is 12.2 Å². The van der Waals surface area contributed by atoms with E-state index in [9.17, 15) is 14.4 Å². The maximum atomic E-state index is 14.1. The fraction of sp³-hybridized carbons (Fsp3) is 0.441. The fourth-order valence-corrected chi connectivity index (χ4v) is 4.91. The zero-order chi connectivity index (χ0) is 30.0. The summed E-state index contributed by atoms with van der Waals surface area (Å²) in [5.74, 6) is -0.642. The second-order valence-electron chi connectivity index (χ2n) is 11.7. The molecule has 3 amide bonds. The van der Waals surface area contributed by atoms with Gasteiger partial charge in [-0.15, -0.1) is 0 Å². The third-order valence-corrected chi connectivity index (χ3v) is 6.90. The maximum Gasteiger partial charge on any atom is 0.408 e. The van der Waals surface area contributed by atoms with E-state index in [0.717, 1.165) is 59.6 Å². The molecule has 41 heavy (non-hydrogen) atoms. The van der Waals surface area contributed by atoms with Crippen LogP contribution in [0.2, 0.25) is 0 Å². The summed E-state index contributed by atoms with van der Waals surface area (Å²) in [6.45, 7) is 11.5. The summed E-state index contributed by atoms with van der Waals surface area (Å²) in [5.41, 5.74) is 2.73. The van der Waals surface area contributed by atoms with Crippen LogP contribution in [0.25, 0.3) is 10.8 Å². The molecule has 0 heterocycles. The lowest BCUT2D eigenvalue weighted by molar-refractivity contribution is -0.138. The first-order valence-corrected chi connectivity index (χ1v) is 14.6. The predicted octanol–water partition coefficient (Wildman–Crippen LogP) is 7.46. The first-order chi connectivity index (χ1) is 19.5. The van der Waals surface area contributed by atoms with Crippen molar-refractivity contribution in [3.8, 4) is 0 Å². The highest BCUT2D eigenvalue weighted by molar-refractivity contribution is 6.00. The molecule has 0 bridgehead atoms. The Morgan fingerprint density at radius 3 is 2.27 bits per heavy atom. The molecule has 0 spiro atoms. The van der Waals surface area contributed by atoms with Gasteiger partial charge in [-0.3, -0.25) is 9.59 Å². The first kappa shape index (κ1) is 31.7. The van der Waals surface area contributed by atoms with Crippen molar-refractivity contribution in [3.63, 3.8) is 0 Å². The lowest BCUT2D eigenvalue weighted by Crippen LogP contribution is -2.47. The quantitative estimate of drug-likeness (QED) is 0.226. The Morgan fingerprint density at radius 2 is 1.59 bits per heavy atom. The van der Waals surface area contributed by atoms with Gasteiger partial charge in [0.25, 0.3) is 5.91 Å². The van der Waals surface area contributed by atoms with E-state index in [-0.39, 0.29) is 18.4 Å². The third-order valence-electron chi connectivity index (χ3n) is 6.90. The molecule has 0 aliphatic heterocycles. The van der Waals surface area contributed by atoms with Crippen LogP contribution in [0.15, 0.2) is 60.7 Å². The van der Waals surface area contributed by atoms with Crippen molar-refractivity contribution in [2.45, 2.75) is 85.3 Å². The molecular formula is C34H45N3O4. The van der Waals surface area contributed by atoms with Crippen LogP contribution in [0.1, 0.15) is 82.5 Å². The van der Waals surface area contributed by atoms with Crippen LogP contribution in [-0.4, -0.2) is 41.5 Å². The average molecular weight is 560 g/mol. The number of carbonyl (C=O) groups is 3. The Morgan fingerprint density at radius 1 is 0.878 bits per heavy atom. The second-order valence-corrected chi connectivity index (χ2v) is 11.7. The molecule has 3 rings (SSSR count). The van der Waals surface area contributed by atoms with Gasteiger partial charge in [-0.1, -0.05) is 86.7 Å². The van der Waals surface area contributed by atoms with Crippen LogP contribution in [-0.2, 0) is 14.3 Å². The minimum atomic E-state index is -0.874. The second kappa shape index (κ2) is 14.7. The number of benzene rings is 3. The summed E-state index contributed by atoms with van der Waals surface area (Å²) in [4.78, 5) is 41.8. The third kappa shape index (κ3) is 9.62. The highest BCUT2D eigenvalue weighted by Gasteiger charge is 2.33. The SMILES string of the molecule is CCCCCCCN(C(=O)CNC(=O)OC(C)(C)C)C(C(=O)Nc1ccc2ccccc2c1)c1ccc(C)cc1C. The number of carbonyl (C=O) groups excluding carboxylic acids is 3. The van der Waals surface area contributed by atoms with Crippen LogP contribution >= 0.6 is 0 Å².